The zero-order valence-corrected chi connectivity index (χ0v) is 16.8. The molecule has 0 radical (unpaired) electrons. The van der Waals surface area contributed by atoms with Gasteiger partial charge in [0.2, 0.25) is 0 Å². The van der Waals surface area contributed by atoms with Crippen LogP contribution in [-0.2, 0) is 11.3 Å². The summed E-state index contributed by atoms with van der Waals surface area (Å²) in [4.78, 5) is 34.9. The Kier molecular flexibility index (Phi) is 6.03. The van der Waals surface area contributed by atoms with E-state index in [9.17, 15) is 19.7 Å². The van der Waals surface area contributed by atoms with Crippen molar-refractivity contribution in [2.45, 2.75) is 6.54 Å². The summed E-state index contributed by atoms with van der Waals surface area (Å²) >= 11 is 3.37. The van der Waals surface area contributed by atoms with Gasteiger partial charge in [0.05, 0.1) is 30.3 Å². The fourth-order valence-electron chi connectivity index (χ4n) is 2.60. The van der Waals surface area contributed by atoms with Crippen molar-refractivity contribution in [3.63, 3.8) is 0 Å². The van der Waals surface area contributed by atoms with Gasteiger partial charge < -0.3 is 10.1 Å². The van der Waals surface area contributed by atoms with Gasteiger partial charge in [-0.3, -0.25) is 14.9 Å². The number of nitro groups is 1. The molecule has 0 bridgehead atoms. The number of anilines is 1. The van der Waals surface area contributed by atoms with Gasteiger partial charge in [-0.05, 0) is 23.8 Å². The number of esters is 1. The number of hydrogen-bond acceptors (Lipinski definition) is 6. The molecule has 1 aromatic heterocycles. The van der Waals surface area contributed by atoms with E-state index < -0.39 is 16.8 Å². The number of nitrogens with one attached hydrogen (secondary N) is 1. The average molecular weight is 459 g/mol. The standard InChI is InChI=1S/C19H15BrN4O5/c1-29-19(26)14-8-13(9-16(10-14)24(27)28)18(25)22-17-6-7-21-23(17)11-12-2-4-15(20)5-3-12/h2-10H,11H2,1H3,(H,22,25). The molecule has 3 rings (SSSR count). The number of rotatable bonds is 6. The second kappa shape index (κ2) is 8.65. The first-order valence-electron chi connectivity index (χ1n) is 8.33. The first-order valence-corrected chi connectivity index (χ1v) is 9.12. The van der Waals surface area contributed by atoms with Gasteiger partial charge in [-0.2, -0.15) is 5.10 Å². The van der Waals surface area contributed by atoms with Gasteiger partial charge >= 0.3 is 5.97 Å². The van der Waals surface area contributed by atoms with Crippen LogP contribution in [-0.4, -0.2) is 33.7 Å². The van der Waals surface area contributed by atoms with Gasteiger partial charge in [0.1, 0.15) is 5.82 Å². The van der Waals surface area contributed by atoms with Crippen LogP contribution in [0.1, 0.15) is 26.3 Å². The zero-order valence-electron chi connectivity index (χ0n) is 15.2. The maximum Gasteiger partial charge on any atom is 0.338 e. The Morgan fingerprint density at radius 1 is 1.17 bits per heavy atom. The molecule has 10 heteroatoms. The molecule has 0 unspecified atom stereocenters. The summed E-state index contributed by atoms with van der Waals surface area (Å²) in [7, 11) is 1.15. The van der Waals surface area contributed by atoms with Gasteiger partial charge in [-0.25, -0.2) is 9.48 Å². The van der Waals surface area contributed by atoms with Crippen molar-refractivity contribution in [3.8, 4) is 0 Å². The summed E-state index contributed by atoms with van der Waals surface area (Å²) in [5.74, 6) is -0.983. The highest BCUT2D eigenvalue weighted by molar-refractivity contribution is 9.10. The Morgan fingerprint density at radius 2 is 1.86 bits per heavy atom. The molecule has 3 aromatic rings. The molecule has 29 heavy (non-hydrogen) atoms. The number of carbonyl (C=O) groups is 2. The lowest BCUT2D eigenvalue weighted by atomic mass is 10.1. The molecule has 0 spiro atoms. The Morgan fingerprint density at radius 3 is 2.52 bits per heavy atom. The van der Waals surface area contributed by atoms with Crippen molar-refractivity contribution in [3.05, 3.63) is 86.0 Å². The molecule has 1 N–H and O–H groups in total. The molecule has 0 aliphatic carbocycles. The highest BCUT2D eigenvalue weighted by atomic mass is 79.9. The van der Waals surface area contributed by atoms with Crippen molar-refractivity contribution in [2.24, 2.45) is 0 Å². The highest BCUT2D eigenvalue weighted by Gasteiger charge is 2.19. The minimum absolute atomic E-state index is 0.0454. The molecular weight excluding hydrogens is 444 g/mol. The predicted octanol–water partition coefficient (Wildman–Crippen LogP) is 3.64. The lowest BCUT2D eigenvalue weighted by molar-refractivity contribution is -0.384. The van der Waals surface area contributed by atoms with Crippen LogP contribution >= 0.6 is 15.9 Å². The van der Waals surface area contributed by atoms with Crippen LogP contribution in [0.5, 0.6) is 0 Å². The molecule has 0 fully saturated rings. The number of carbonyl (C=O) groups excluding carboxylic acids is 2. The number of halogens is 1. The van der Waals surface area contributed by atoms with E-state index in [1.807, 2.05) is 24.3 Å². The first-order chi connectivity index (χ1) is 13.9. The Labute approximate surface area is 173 Å². The van der Waals surface area contributed by atoms with E-state index in [1.54, 1.807) is 10.7 Å². The monoisotopic (exact) mass is 458 g/mol. The average Bonchev–Trinajstić information content (AvgIpc) is 3.15. The number of nitrogens with zero attached hydrogens (tertiary/aromatic N) is 3. The molecule has 0 aliphatic rings. The van der Waals surface area contributed by atoms with Crippen LogP contribution in [0, 0.1) is 10.1 Å². The zero-order chi connectivity index (χ0) is 21.0. The normalized spacial score (nSPS) is 10.4. The van der Waals surface area contributed by atoms with E-state index in [4.69, 9.17) is 0 Å². The van der Waals surface area contributed by atoms with Crippen LogP contribution in [0.2, 0.25) is 0 Å². The van der Waals surface area contributed by atoms with Crippen LogP contribution in [0.3, 0.4) is 0 Å². The minimum atomic E-state index is -0.775. The lowest BCUT2D eigenvalue weighted by Gasteiger charge is -2.10. The Hall–Kier alpha value is -3.53. The second-order valence-electron chi connectivity index (χ2n) is 5.97. The first kappa shape index (κ1) is 20.2. The topological polar surface area (TPSA) is 116 Å². The number of aromatic nitrogens is 2. The van der Waals surface area contributed by atoms with Crippen molar-refractivity contribution in [1.82, 2.24) is 9.78 Å². The summed E-state index contributed by atoms with van der Waals surface area (Å²) in [5.41, 5.74) is 0.448. The third kappa shape index (κ3) is 4.85. The van der Waals surface area contributed by atoms with E-state index >= 15 is 0 Å². The number of nitro benzene ring substituents is 1. The number of benzene rings is 2. The molecule has 9 nitrogen and oxygen atoms in total. The maximum absolute atomic E-state index is 12.7. The molecule has 0 atom stereocenters. The van der Waals surface area contributed by atoms with Crippen molar-refractivity contribution >= 4 is 39.3 Å². The minimum Gasteiger partial charge on any atom is -0.465 e. The molecule has 0 aliphatic heterocycles. The van der Waals surface area contributed by atoms with Crippen molar-refractivity contribution in [2.75, 3.05) is 12.4 Å². The molecule has 1 amide bonds. The van der Waals surface area contributed by atoms with Crippen LogP contribution in [0.25, 0.3) is 0 Å². The molecule has 0 saturated heterocycles. The van der Waals surface area contributed by atoms with E-state index in [2.05, 4.69) is 31.1 Å². The van der Waals surface area contributed by atoms with Gasteiger partial charge in [0.25, 0.3) is 11.6 Å². The highest BCUT2D eigenvalue weighted by Crippen LogP contribution is 2.20. The molecule has 148 valence electrons. The summed E-state index contributed by atoms with van der Waals surface area (Å²) < 4.78 is 7.12. The fourth-order valence-corrected chi connectivity index (χ4v) is 2.86. The van der Waals surface area contributed by atoms with Crippen LogP contribution < -0.4 is 5.32 Å². The van der Waals surface area contributed by atoms with Crippen LogP contribution in [0.15, 0.2) is 59.2 Å². The number of methoxy groups -OCH3 is 1. The number of ether oxygens (including phenoxy) is 1. The number of non-ortho nitro benzene ring substituents is 1. The Bertz CT molecular complexity index is 1080. The smallest absolute Gasteiger partial charge is 0.338 e. The van der Waals surface area contributed by atoms with E-state index in [1.165, 1.54) is 12.3 Å². The van der Waals surface area contributed by atoms with Gasteiger partial charge in [0.15, 0.2) is 0 Å². The van der Waals surface area contributed by atoms with E-state index in [0.29, 0.717) is 12.4 Å². The van der Waals surface area contributed by atoms with Crippen LogP contribution in [0.4, 0.5) is 11.5 Å². The SMILES string of the molecule is COC(=O)c1cc(C(=O)Nc2ccnn2Cc2ccc(Br)cc2)cc([N+](=O)[O-])c1. The maximum atomic E-state index is 12.7. The fraction of sp³-hybridized carbons (Fsp3) is 0.105. The summed E-state index contributed by atoms with van der Waals surface area (Å²) in [5, 5.41) is 18.0. The number of amides is 1. The Balaban J connectivity index is 1.85. The quantitative estimate of drug-likeness (QED) is 0.342. The third-order valence-corrected chi connectivity index (χ3v) is 4.54. The van der Waals surface area contributed by atoms with Gasteiger partial charge in [-0.1, -0.05) is 28.1 Å². The molecular formula is C19H15BrN4O5. The lowest BCUT2D eigenvalue weighted by Crippen LogP contribution is -2.17. The number of hydrogen-bond donors (Lipinski definition) is 1. The van der Waals surface area contributed by atoms with Crippen molar-refractivity contribution in [1.29, 1.82) is 0 Å². The molecule has 2 aromatic carbocycles. The van der Waals surface area contributed by atoms with Gasteiger partial charge in [0, 0.05) is 28.2 Å². The largest absolute Gasteiger partial charge is 0.465 e. The molecule has 0 saturated carbocycles. The van der Waals surface area contributed by atoms with E-state index in [0.717, 1.165) is 29.3 Å². The summed E-state index contributed by atoms with van der Waals surface area (Å²) in [6, 6.07) is 12.6. The summed E-state index contributed by atoms with van der Waals surface area (Å²) in [6.07, 6.45) is 1.53. The van der Waals surface area contributed by atoms with E-state index in [-0.39, 0.29) is 16.8 Å². The third-order valence-electron chi connectivity index (χ3n) is 4.02. The predicted molar refractivity (Wildman–Crippen MR) is 108 cm³/mol. The summed E-state index contributed by atoms with van der Waals surface area (Å²) in [6.45, 7) is 0.415. The molecule has 1 heterocycles. The second-order valence-corrected chi connectivity index (χ2v) is 6.89. The van der Waals surface area contributed by atoms with Crippen molar-refractivity contribution < 1.29 is 19.2 Å². The van der Waals surface area contributed by atoms with Gasteiger partial charge in [-0.15, -0.1) is 0 Å².